The van der Waals surface area contributed by atoms with Crippen molar-refractivity contribution in [3.63, 3.8) is 0 Å². The number of imidazole rings is 1. The number of anilines is 1. The number of piperazine rings is 1. The second kappa shape index (κ2) is 6.84. The first-order valence-electron chi connectivity index (χ1n) is 10.1. The first kappa shape index (κ1) is 18.1. The summed E-state index contributed by atoms with van der Waals surface area (Å²) in [5.74, 6) is 0.404. The van der Waals surface area contributed by atoms with Gasteiger partial charge in [0.2, 0.25) is 0 Å². The Balaban J connectivity index is 1.47. The molecule has 2 N–H and O–H groups in total. The Morgan fingerprint density at radius 2 is 1.97 bits per heavy atom. The van der Waals surface area contributed by atoms with Crippen LogP contribution in [-0.2, 0) is 0 Å². The zero-order valence-electron chi connectivity index (χ0n) is 16.9. The van der Waals surface area contributed by atoms with Crippen LogP contribution in [0.5, 0.6) is 0 Å². The average Bonchev–Trinajstić information content (AvgIpc) is 3.30. The molecule has 1 fully saturated rings. The van der Waals surface area contributed by atoms with Crippen LogP contribution in [0.2, 0.25) is 0 Å². The Morgan fingerprint density at radius 1 is 1.10 bits per heavy atom. The Bertz CT molecular complexity index is 1180. The van der Waals surface area contributed by atoms with Crippen LogP contribution in [0.1, 0.15) is 20.8 Å². The summed E-state index contributed by atoms with van der Waals surface area (Å²) < 4.78 is 13.5. The SMILES string of the molecule is CC(C)N1CCN(c2ccc3nc(-c4n[nH]c5cc(F)ccc45)[nH]c3c2)[C@@H](C)C1. The van der Waals surface area contributed by atoms with Crippen molar-refractivity contribution in [1.82, 2.24) is 25.1 Å². The fourth-order valence-electron chi connectivity index (χ4n) is 4.30. The van der Waals surface area contributed by atoms with E-state index >= 15 is 0 Å². The lowest BCUT2D eigenvalue weighted by Gasteiger charge is -2.43. The third kappa shape index (κ3) is 3.15. The molecule has 2 aromatic carbocycles. The zero-order valence-corrected chi connectivity index (χ0v) is 16.9. The number of benzene rings is 2. The summed E-state index contributed by atoms with van der Waals surface area (Å²) in [5.41, 5.74) is 4.46. The maximum Gasteiger partial charge on any atom is 0.159 e. The first-order chi connectivity index (χ1) is 14.0. The Labute approximate surface area is 168 Å². The molecule has 1 saturated heterocycles. The van der Waals surface area contributed by atoms with E-state index in [9.17, 15) is 4.39 Å². The highest BCUT2D eigenvalue weighted by Crippen LogP contribution is 2.29. The summed E-state index contributed by atoms with van der Waals surface area (Å²) in [6, 6.07) is 12.0. The standard InChI is InChI=1S/C22H25FN6/c1-13(2)28-8-9-29(14(3)12-28)16-5-7-18-20(11-16)25-22(24-18)21-17-6-4-15(23)10-19(17)26-27-21/h4-7,10-11,13-14H,8-9,12H2,1-3H3,(H,24,25)(H,26,27)/t14-/m0/s1. The minimum Gasteiger partial charge on any atom is -0.366 e. The van der Waals surface area contributed by atoms with Crippen LogP contribution in [0.25, 0.3) is 33.5 Å². The van der Waals surface area contributed by atoms with Crippen LogP contribution in [-0.4, -0.2) is 56.8 Å². The van der Waals surface area contributed by atoms with E-state index < -0.39 is 0 Å². The number of hydrogen-bond donors (Lipinski definition) is 2. The molecule has 0 bridgehead atoms. The maximum atomic E-state index is 13.5. The van der Waals surface area contributed by atoms with Gasteiger partial charge in [-0.1, -0.05) is 0 Å². The van der Waals surface area contributed by atoms with Gasteiger partial charge >= 0.3 is 0 Å². The summed E-state index contributed by atoms with van der Waals surface area (Å²) in [6.07, 6.45) is 0. The van der Waals surface area contributed by atoms with Gasteiger partial charge in [-0.05, 0) is 57.2 Å². The smallest absolute Gasteiger partial charge is 0.159 e. The molecule has 1 aliphatic heterocycles. The molecule has 29 heavy (non-hydrogen) atoms. The molecule has 3 heterocycles. The van der Waals surface area contributed by atoms with Crippen molar-refractivity contribution < 1.29 is 4.39 Å². The largest absolute Gasteiger partial charge is 0.366 e. The van der Waals surface area contributed by atoms with Gasteiger partial charge in [0, 0.05) is 42.8 Å². The number of rotatable bonds is 3. The van der Waals surface area contributed by atoms with Gasteiger partial charge in [0.25, 0.3) is 0 Å². The van der Waals surface area contributed by atoms with E-state index in [1.165, 1.54) is 17.8 Å². The Hall–Kier alpha value is -2.93. The lowest BCUT2D eigenvalue weighted by atomic mass is 10.1. The molecule has 0 spiro atoms. The molecule has 5 rings (SSSR count). The van der Waals surface area contributed by atoms with E-state index in [0.29, 0.717) is 29.1 Å². The number of nitrogens with one attached hydrogen (secondary N) is 2. The molecule has 0 amide bonds. The van der Waals surface area contributed by atoms with Crippen LogP contribution in [0.4, 0.5) is 10.1 Å². The molecule has 150 valence electrons. The molecule has 1 atom stereocenters. The van der Waals surface area contributed by atoms with Gasteiger partial charge in [-0.3, -0.25) is 10.00 Å². The lowest BCUT2D eigenvalue weighted by Crippen LogP contribution is -2.53. The third-order valence-electron chi connectivity index (χ3n) is 5.94. The predicted molar refractivity (Wildman–Crippen MR) is 115 cm³/mol. The number of hydrogen-bond acceptors (Lipinski definition) is 4. The van der Waals surface area contributed by atoms with Crippen LogP contribution < -0.4 is 4.90 Å². The number of aromatic nitrogens is 4. The normalized spacial score (nSPS) is 18.4. The first-order valence-corrected chi connectivity index (χ1v) is 10.1. The second-order valence-corrected chi connectivity index (χ2v) is 8.18. The van der Waals surface area contributed by atoms with Crippen LogP contribution >= 0.6 is 0 Å². The molecule has 0 radical (unpaired) electrons. The van der Waals surface area contributed by atoms with E-state index in [0.717, 1.165) is 36.1 Å². The molecule has 4 aromatic rings. The lowest BCUT2D eigenvalue weighted by molar-refractivity contribution is 0.185. The van der Waals surface area contributed by atoms with Crippen LogP contribution in [0.3, 0.4) is 0 Å². The molecular weight excluding hydrogens is 367 g/mol. The monoisotopic (exact) mass is 392 g/mol. The van der Waals surface area contributed by atoms with Crippen molar-refractivity contribution in [3.05, 3.63) is 42.2 Å². The van der Waals surface area contributed by atoms with E-state index in [1.54, 1.807) is 6.07 Å². The number of aromatic amines is 2. The van der Waals surface area contributed by atoms with E-state index in [2.05, 4.69) is 64.0 Å². The highest BCUT2D eigenvalue weighted by molar-refractivity contribution is 5.93. The summed E-state index contributed by atoms with van der Waals surface area (Å²) in [4.78, 5) is 13.1. The van der Waals surface area contributed by atoms with Gasteiger partial charge in [-0.15, -0.1) is 0 Å². The fourth-order valence-corrected chi connectivity index (χ4v) is 4.30. The van der Waals surface area contributed by atoms with Gasteiger partial charge in [-0.25, -0.2) is 9.37 Å². The molecule has 2 aromatic heterocycles. The third-order valence-corrected chi connectivity index (χ3v) is 5.94. The quantitative estimate of drug-likeness (QED) is 0.549. The highest BCUT2D eigenvalue weighted by Gasteiger charge is 2.25. The highest BCUT2D eigenvalue weighted by atomic mass is 19.1. The van der Waals surface area contributed by atoms with E-state index in [1.807, 2.05) is 0 Å². The van der Waals surface area contributed by atoms with Crippen molar-refractivity contribution >= 4 is 27.6 Å². The Kier molecular flexibility index (Phi) is 4.28. The van der Waals surface area contributed by atoms with Crippen molar-refractivity contribution in [3.8, 4) is 11.5 Å². The zero-order chi connectivity index (χ0) is 20.1. The summed E-state index contributed by atoms with van der Waals surface area (Å²) >= 11 is 0. The molecule has 1 aliphatic rings. The van der Waals surface area contributed by atoms with Gasteiger partial charge in [0.1, 0.15) is 11.5 Å². The number of H-pyrrole nitrogens is 2. The summed E-state index contributed by atoms with van der Waals surface area (Å²) in [6.45, 7) is 9.96. The molecule has 0 saturated carbocycles. The predicted octanol–water partition coefficient (Wildman–Crippen LogP) is 4.16. The van der Waals surface area contributed by atoms with Gasteiger partial charge in [0.15, 0.2) is 5.82 Å². The molecule has 7 heteroatoms. The van der Waals surface area contributed by atoms with Crippen molar-refractivity contribution in [1.29, 1.82) is 0 Å². The summed E-state index contributed by atoms with van der Waals surface area (Å²) in [7, 11) is 0. The molecular formula is C22H25FN6. The minimum absolute atomic E-state index is 0.284. The second-order valence-electron chi connectivity index (χ2n) is 8.18. The van der Waals surface area contributed by atoms with E-state index in [4.69, 9.17) is 4.98 Å². The number of fused-ring (bicyclic) bond motifs is 2. The number of halogens is 1. The van der Waals surface area contributed by atoms with Crippen molar-refractivity contribution in [2.45, 2.75) is 32.9 Å². The van der Waals surface area contributed by atoms with Crippen molar-refractivity contribution in [2.75, 3.05) is 24.5 Å². The van der Waals surface area contributed by atoms with E-state index in [-0.39, 0.29) is 5.82 Å². The molecule has 0 unspecified atom stereocenters. The van der Waals surface area contributed by atoms with Crippen LogP contribution in [0.15, 0.2) is 36.4 Å². The van der Waals surface area contributed by atoms with Gasteiger partial charge in [0.05, 0.1) is 16.6 Å². The van der Waals surface area contributed by atoms with Crippen LogP contribution in [0, 0.1) is 5.82 Å². The van der Waals surface area contributed by atoms with Gasteiger partial charge in [-0.2, -0.15) is 5.10 Å². The van der Waals surface area contributed by atoms with Crippen molar-refractivity contribution in [2.24, 2.45) is 0 Å². The average molecular weight is 392 g/mol. The maximum absolute atomic E-state index is 13.5. The Morgan fingerprint density at radius 3 is 2.76 bits per heavy atom. The topological polar surface area (TPSA) is 63.8 Å². The van der Waals surface area contributed by atoms with Gasteiger partial charge < -0.3 is 9.88 Å². The molecule has 6 nitrogen and oxygen atoms in total. The minimum atomic E-state index is -0.284. The number of nitrogens with zero attached hydrogens (tertiary/aromatic N) is 4. The molecule has 0 aliphatic carbocycles. The summed E-state index contributed by atoms with van der Waals surface area (Å²) in [5, 5.41) is 8.09. The fraction of sp³-hybridized carbons (Fsp3) is 0.364.